The first-order chi connectivity index (χ1) is 9.06. The molecule has 0 spiro atoms. The molecule has 0 aliphatic heterocycles. The van der Waals surface area contributed by atoms with Crippen molar-refractivity contribution in [1.82, 2.24) is 0 Å². The normalized spacial score (nSPS) is 16.6. The summed E-state index contributed by atoms with van der Waals surface area (Å²) in [6, 6.07) is 7.67. The molecule has 1 atom stereocenters. The Morgan fingerprint density at radius 1 is 1.11 bits per heavy atom. The van der Waals surface area contributed by atoms with Gasteiger partial charge in [-0.15, -0.1) is 11.3 Å². The summed E-state index contributed by atoms with van der Waals surface area (Å²) in [4.78, 5) is 2.23. The van der Waals surface area contributed by atoms with Crippen molar-refractivity contribution in [2.75, 3.05) is 0 Å². The zero-order valence-corrected chi connectivity index (χ0v) is 13.1. The van der Waals surface area contributed by atoms with Crippen molar-refractivity contribution in [2.24, 2.45) is 11.7 Å². The summed E-state index contributed by atoms with van der Waals surface area (Å²) in [5.41, 5.74) is 7.06. The van der Waals surface area contributed by atoms with Gasteiger partial charge in [0.05, 0.1) is 10.0 Å². The third kappa shape index (κ3) is 2.79. The lowest BCUT2D eigenvalue weighted by molar-refractivity contribution is 0.645. The van der Waals surface area contributed by atoms with E-state index in [-0.39, 0.29) is 6.04 Å². The van der Waals surface area contributed by atoms with Crippen LogP contribution >= 0.6 is 46.1 Å². The Hall–Kier alpha value is -0.250. The van der Waals surface area contributed by atoms with Gasteiger partial charge in [0.15, 0.2) is 0 Å². The highest BCUT2D eigenvalue weighted by molar-refractivity contribution is 7.15. The van der Waals surface area contributed by atoms with Crippen LogP contribution in [-0.2, 0) is 0 Å². The van der Waals surface area contributed by atoms with Crippen LogP contribution in [0.3, 0.4) is 0 Å². The van der Waals surface area contributed by atoms with Crippen molar-refractivity contribution in [1.29, 1.82) is 0 Å². The summed E-state index contributed by atoms with van der Waals surface area (Å²) in [6.45, 7) is 0. The van der Waals surface area contributed by atoms with Crippen LogP contribution < -0.4 is 5.73 Å². The number of nitrogens with two attached hydrogens (primary N) is 1. The topological polar surface area (TPSA) is 26.0 Å². The van der Waals surface area contributed by atoms with Crippen LogP contribution in [0.25, 0.3) is 10.4 Å². The van der Waals surface area contributed by atoms with E-state index in [1.165, 1.54) is 17.7 Å². The van der Waals surface area contributed by atoms with Crippen molar-refractivity contribution >= 4 is 46.1 Å². The standard InChI is InChI=1S/C14H12Cl3NS/c15-8-5-9(16)13(10(17)6-8)11-3-4-12(19-11)14(18)7-1-2-7/h3-7,14H,1-2,18H2. The van der Waals surface area contributed by atoms with Crippen molar-refractivity contribution in [2.45, 2.75) is 18.9 Å². The molecule has 100 valence electrons. The Morgan fingerprint density at radius 3 is 2.32 bits per heavy atom. The minimum absolute atomic E-state index is 0.142. The summed E-state index contributed by atoms with van der Waals surface area (Å²) in [7, 11) is 0. The zero-order valence-electron chi connectivity index (χ0n) is 10.00. The molecule has 2 aromatic rings. The molecule has 1 unspecified atom stereocenters. The highest BCUT2D eigenvalue weighted by Gasteiger charge is 2.30. The molecule has 3 rings (SSSR count). The summed E-state index contributed by atoms with van der Waals surface area (Å²) in [6.07, 6.45) is 2.47. The number of benzene rings is 1. The molecule has 1 aliphatic rings. The fourth-order valence-electron chi connectivity index (χ4n) is 2.13. The summed E-state index contributed by atoms with van der Waals surface area (Å²) >= 11 is 20.1. The van der Waals surface area contributed by atoms with Crippen LogP contribution in [0.1, 0.15) is 23.8 Å². The maximum atomic E-state index is 6.24. The Labute approximate surface area is 131 Å². The third-order valence-corrected chi connectivity index (χ3v) is 5.36. The minimum atomic E-state index is 0.142. The van der Waals surface area contributed by atoms with Crippen LogP contribution in [0.15, 0.2) is 24.3 Å². The van der Waals surface area contributed by atoms with E-state index in [4.69, 9.17) is 40.5 Å². The van der Waals surface area contributed by atoms with Crippen molar-refractivity contribution in [3.8, 4) is 10.4 Å². The minimum Gasteiger partial charge on any atom is -0.323 e. The molecule has 0 radical (unpaired) electrons. The quantitative estimate of drug-likeness (QED) is 0.757. The molecule has 0 saturated heterocycles. The molecule has 1 nitrogen and oxygen atoms in total. The number of hydrogen-bond acceptors (Lipinski definition) is 2. The van der Waals surface area contributed by atoms with Gasteiger partial charge in [0, 0.05) is 26.4 Å². The van der Waals surface area contributed by atoms with E-state index < -0.39 is 0 Å². The van der Waals surface area contributed by atoms with Gasteiger partial charge in [-0.25, -0.2) is 0 Å². The number of rotatable bonds is 3. The average Bonchev–Trinajstić information content (AvgIpc) is 3.07. The summed E-state index contributed by atoms with van der Waals surface area (Å²) in [5.74, 6) is 0.641. The predicted molar refractivity (Wildman–Crippen MR) is 84.4 cm³/mol. The number of halogens is 3. The smallest absolute Gasteiger partial charge is 0.0522 e. The zero-order chi connectivity index (χ0) is 13.6. The maximum Gasteiger partial charge on any atom is 0.0522 e. The molecule has 2 N–H and O–H groups in total. The molecule has 0 bridgehead atoms. The van der Waals surface area contributed by atoms with Crippen LogP contribution in [0.5, 0.6) is 0 Å². The second-order valence-electron chi connectivity index (χ2n) is 4.81. The molecule has 1 aromatic heterocycles. The lowest BCUT2D eigenvalue weighted by Gasteiger charge is -2.07. The molecule has 1 fully saturated rings. The highest BCUT2D eigenvalue weighted by Crippen LogP contribution is 2.45. The molecule has 1 heterocycles. The Morgan fingerprint density at radius 2 is 1.74 bits per heavy atom. The van der Waals surface area contributed by atoms with E-state index in [9.17, 15) is 0 Å². The van der Waals surface area contributed by atoms with E-state index in [1.54, 1.807) is 23.5 Å². The van der Waals surface area contributed by atoms with Gasteiger partial charge >= 0.3 is 0 Å². The molecule has 1 aromatic carbocycles. The fraction of sp³-hybridized carbons (Fsp3) is 0.286. The molecule has 1 aliphatic carbocycles. The van der Waals surface area contributed by atoms with Gasteiger partial charge in [0.1, 0.15) is 0 Å². The number of hydrogen-bond donors (Lipinski definition) is 1. The Bertz CT molecular complexity index is 596. The SMILES string of the molecule is NC(c1ccc(-c2c(Cl)cc(Cl)cc2Cl)s1)C1CC1. The van der Waals surface area contributed by atoms with Crippen molar-refractivity contribution in [3.05, 3.63) is 44.2 Å². The van der Waals surface area contributed by atoms with E-state index in [0.717, 1.165) is 10.4 Å². The third-order valence-electron chi connectivity index (χ3n) is 3.34. The average molecular weight is 333 g/mol. The second-order valence-corrected chi connectivity index (χ2v) is 7.18. The van der Waals surface area contributed by atoms with Crippen LogP contribution in [-0.4, -0.2) is 0 Å². The van der Waals surface area contributed by atoms with Gasteiger partial charge in [-0.3, -0.25) is 0 Å². The molecule has 19 heavy (non-hydrogen) atoms. The molecular formula is C14H12Cl3NS. The van der Waals surface area contributed by atoms with Gasteiger partial charge in [-0.05, 0) is 43.0 Å². The van der Waals surface area contributed by atoms with Crippen LogP contribution in [0.2, 0.25) is 15.1 Å². The van der Waals surface area contributed by atoms with Crippen molar-refractivity contribution in [3.63, 3.8) is 0 Å². The Kier molecular flexibility index (Phi) is 3.80. The first-order valence-electron chi connectivity index (χ1n) is 6.06. The largest absolute Gasteiger partial charge is 0.323 e. The van der Waals surface area contributed by atoms with Gasteiger partial charge in [0.2, 0.25) is 0 Å². The molecule has 5 heteroatoms. The van der Waals surface area contributed by atoms with Gasteiger partial charge in [-0.2, -0.15) is 0 Å². The van der Waals surface area contributed by atoms with Gasteiger partial charge < -0.3 is 5.73 Å². The molecular weight excluding hydrogens is 321 g/mol. The van der Waals surface area contributed by atoms with Crippen molar-refractivity contribution < 1.29 is 0 Å². The highest BCUT2D eigenvalue weighted by atomic mass is 35.5. The predicted octanol–water partition coefficient (Wildman–Crippen LogP) is 5.79. The van der Waals surface area contributed by atoms with Gasteiger partial charge in [-0.1, -0.05) is 34.8 Å². The summed E-state index contributed by atoms with van der Waals surface area (Å²) < 4.78 is 0. The second kappa shape index (κ2) is 5.27. The number of thiophene rings is 1. The maximum absolute atomic E-state index is 6.24. The van der Waals surface area contributed by atoms with E-state index in [0.29, 0.717) is 21.0 Å². The first kappa shape index (κ1) is 13.7. The van der Waals surface area contributed by atoms with Gasteiger partial charge in [0.25, 0.3) is 0 Å². The fourth-order valence-corrected chi connectivity index (χ4v) is 4.44. The lowest BCUT2D eigenvalue weighted by Crippen LogP contribution is -2.10. The molecule has 0 amide bonds. The first-order valence-corrected chi connectivity index (χ1v) is 8.01. The van der Waals surface area contributed by atoms with E-state index in [1.807, 2.05) is 6.07 Å². The monoisotopic (exact) mass is 331 g/mol. The van der Waals surface area contributed by atoms with Crippen LogP contribution in [0, 0.1) is 5.92 Å². The lowest BCUT2D eigenvalue weighted by atomic mass is 10.1. The molecule has 1 saturated carbocycles. The summed E-state index contributed by atoms with van der Waals surface area (Å²) in [5, 5.41) is 1.70. The van der Waals surface area contributed by atoms with Crippen LogP contribution in [0.4, 0.5) is 0 Å². The van der Waals surface area contributed by atoms with E-state index in [2.05, 4.69) is 6.07 Å². The Balaban J connectivity index is 1.98. The van der Waals surface area contributed by atoms with E-state index >= 15 is 0 Å².